The molecule has 1 aromatic heterocycles. The third-order valence-corrected chi connectivity index (χ3v) is 5.68. The summed E-state index contributed by atoms with van der Waals surface area (Å²) in [5.41, 5.74) is 1.86. The molecule has 1 amide bonds. The summed E-state index contributed by atoms with van der Waals surface area (Å²) in [5.74, 6) is 0.211. The standard InChI is InChI=1S/C22H27N3O2/c1-23(2)9-10-24-11-13-25(14-12-24)21(26)15-18-16-27-20-8-7-17-5-3-4-6-19(17)22(18)20/h3-8,16H,9-15H2,1-2H3/p+2. The molecule has 4 rings (SSSR count). The van der Waals surface area contributed by atoms with Crippen LogP contribution < -0.4 is 9.80 Å². The number of hydrogen-bond donors (Lipinski definition) is 2. The Hall–Kier alpha value is -2.37. The highest BCUT2D eigenvalue weighted by atomic mass is 16.3. The monoisotopic (exact) mass is 367 g/mol. The Morgan fingerprint density at radius 2 is 1.93 bits per heavy atom. The summed E-state index contributed by atoms with van der Waals surface area (Å²) < 4.78 is 5.74. The number of hydrogen-bond acceptors (Lipinski definition) is 2. The number of rotatable bonds is 5. The lowest BCUT2D eigenvalue weighted by atomic mass is 10.0. The molecule has 1 saturated heterocycles. The Morgan fingerprint density at radius 3 is 2.70 bits per heavy atom. The smallest absolute Gasteiger partial charge is 0.227 e. The fourth-order valence-electron chi connectivity index (χ4n) is 4.03. The van der Waals surface area contributed by atoms with Crippen LogP contribution in [0.2, 0.25) is 0 Å². The van der Waals surface area contributed by atoms with Crippen molar-refractivity contribution < 1.29 is 19.0 Å². The van der Waals surface area contributed by atoms with Gasteiger partial charge in [-0.3, -0.25) is 4.79 Å². The number of carbonyl (C=O) groups excluding carboxylic acids is 1. The number of furan rings is 1. The molecule has 2 heterocycles. The summed E-state index contributed by atoms with van der Waals surface area (Å²) in [4.78, 5) is 18.0. The molecule has 0 spiro atoms. The average Bonchev–Trinajstić information content (AvgIpc) is 3.10. The first-order valence-electron chi connectivity index (χ1n) is 9.90. The lowest BCUT2D eigenvalue weighted by Gasteiger charge is -2.32. The Bertz CT molecular complexity index is 939. The van der Waals surface area contributed by atoms with Crippen LogP contribution in [0.3, 0.4) is 0 Å². The van der Waals surface area contributed by atoms with Gasteiger partial charge in [0.25, 0.3) is 0 Å². The summed E-state index contributed by atoms with van der Waals surface area (Å²) in [7, 11) is 4.39. The fraction of sp³-hybridized carbons (Fsp3) is 0.409. The van der Waals surface area contributed by atoms with E-state index in [4.69, 9.17) is 4.42 Å². The van der Waals surface area contributed by atoms with Crippen molar-refractivity contribution in [1.29, 1.82) is 0 Å². The highest BCUT2D eigenvalue weighted by molar-refractivity contribution is 6.08. The first-order valence-corrected chi connectivity index (χ1v) is 9.90. The quantitative estimate of drug-likeness (QED) is 0.667. The summed E-state index contributed by atoms with van der Waals surface area (Å²) in [6, 6.07) is 12.4. The average molecular weight is 367 g/mol. The van der Waals surface area contributed by atoms with Crippen molar-refractivity contribution in [3.05, 3.63) is 48.2 Å². The van der Waals surface area contributed by atoms with E-state index in [0.717, 1.165) is 48.1 Å². The lowest BCUT2D eigenvalue weighted by molar-refractivity contribution is -0.943. The number of piperazine rings is 1. The van der Waals surface area contributed by atoms with Gasteiger partial charge in [0.1, 0.15) is 18.7 Å². The van der Waals surface area contributed by atoms with E-state index >= 15 is 0 Å². The third-order valence-electron chi connectivity index (χ3n) is 5.68. The van der Waals surface area contributed by atoms with E-state index in [9.17, 15) is 4.79 Å². The summed E-state index contributed by atoms with van der Waals surface area (Å²) in [6.07, 6.45) is 2.18. The van der Waals surface area contributed by atoms with Crippen molar-refractivity contribution >= 4 is 27.6 Å². The normalized spacial score (nSPS) is 15.9. The molecule has 1 aliphatic rings. The van der Waals surface area contributed by atoms with Crippen molar-refractivity contribution in [1.82, 2.24) is 4.90 Å². The molecule has 1 fully saturated rings. The highest BCUT2D eigenvalue weighted by Crippen LogP contribution is 2.30. The second kappa shape index (κ2) is 7.71. The predicted octanol–water partition coefficient (Wildman–Crippen LogP) is 0.000100. The molecule has 0 unspecified atom stereocenters. The van der Waals surface area contributed by atoms with E-state index in [1.807, 2.05) is 23.1 Å². The first-order chi connectivity index (χ1) is 13.1. The minimum atomic E-state index is 0.211. The maximum absolute atomic E-state index is 12.9. The Labute approximate surface area is 160 Å². The molecule has 0 atom stereocenters. The molecular weight excluding hydrogens is 338 g/mol. The number of likely N-dealkylation sites (N-methyl/N-ethyl adjacent to an activating group) is 1. The van der Waals surface area contributed by atoms with Gasteiger partial charge in [-0.15, -0.1) is 0 Å². The predicted molar refractivity (Wildman–Crippen MR) is 107 cm³/mol. The van der Waals surface area contributed by atoms with Crippen molar-refractivity contribution in [2.24, 2.45) is 0 Å². The van der Waals surface area contributed by atoms with Gasteiger partial charge in [0, 0.05) is 10.9 Å². The van der Waals surface area contributed by atoms with Gasteiger partial charge in [0.15, 0.2) is 0 Å². The second-order valence-corrected chi connectivity index (χ2v) is 7.94. The Kier molecular flexibility index (Phi) is 5.14. The minimum absolute atomic E-state index is 0.211. The van der Waals surface area contributed by atoms with Gasteiger partial charge in [0.05, 0.1) is 53.0 Å². The van der Waals surface area contributed by atoms with Crippen molar-refractivity contribution in [3.63, 3.8) is 0 Å². The molecule has 0 radical (unpaired) electrons. The summed E-state index contributed by atoms with van der Waals surface area (Å²) >= 11 is 0. The number of nitrogens with zero attached hydrogens (tertiary/aromatic N) is 1. The van der Waals surface area contributed by atoms with Crippen molar-refractivity contribution in [2.75, 3.05) is 53.4 Å². The molecule has 27 heavy (non-hydrogen) atoms. The molecule has 1 aliphatic heterocycles. The SMILES string of the molecule is C[NH+](C)CC[NH+]1CCN(C(=O)Cc2coc3ccc4ccccc4c23)CC1. The highest BCUT2D eigenvalue weighted by Gasteiger charge is 2.25. The van der Waals surface area contributed by atoms with Gasteiger partial charge in [-0.2, -0.15) is 0 Å². The zero-order valence-electron chi connectivity index (χ0n) is 16.3. The van der Waals surface area contributed by atoms with Crippen LogP contribution in [0.1, 0.15) is 5.56 Å². The Balaban J connectivity index is 1.45. The maximum atomic E-state index is 12.9. The zero-order chi connectivity index (χ0) is 18.8. The molecule has 2 aromatic carbocycles. The van der Waals surface area contributed by atoms with Gasteiger partial charge < -0.3 is 19.1 Å². The van der Waals surface area contributed by atoms with E-state index in [1.165, 1.54) is 23.4 Å². The van der Waals surface area contributed by atoms with Crippen LogP contribution in [0.25, 0.3) is 21.7 Å². The molecule has 5 nitrogen and oxygen atoms in total. The van der Waals surface area contributed by atoms with Gasteiger partial charge in [-0.25, -0.2) is 0 Å². The van der Waals surface area contributed by atoms with Crippen LogP contribution in [0.15, 0.2) is 47.1 Å². The van der Waals surface area contributed by atoms with Crippen LogP contribution in [0, 0.1) is 0 Å². The number of amides is 1. The largest absolute Gasteiger partial charge is 0.464 e. The number of benzene rings is 2. The molecule has 3 aromatic rings. The lowest BCUT2D eigenvalue weighted by Crippen LogP contribution is -3.19. The minimum Gasteiger partial charge on any atom is -0.464 e. The van der Waals surface area contributed by atoms with Crippen molar-refractivity contribution in [2.45, 2.75) is 6.42 Å². The first kappa shape index (κ1) is 18.0. The summed E-state index contributed by atoms with van der Waals surface area (Å²) in [6.45, 7) is 6.17. The van der Waals surface area contributed by atoms with Crippen LogP contribution >= 0.6 is 0 Å². The van der Waals surface area contributed by atoms with Gasteiger partial charge in [-0.05, 0) is 16.8 Å². The number of carbonyl (C=O) groups is 1. The van der Waals surface area contributed by atoms with Crippen LogP contribution in [-0.4, -0.2) is 64.2 Å². The van der Waals surface area contributed by atoms with E-state index in [0.29, 0.717) is 6.42 Å². The second-order valence-electron chi connectivity index (χ2n) is 7.94. The number of nitrogens with one attached hydrogen (secondary N) is 2. The molecule has 0 bridgehead atoms. The topological polar surface area (TPSA) is 42.3 Å². The molecule has 5 heteroatoms. The molecule has 142 valence electrons. The van der Waals surface area contributed by atoms with Crippen LogP contribution in [0.4, 0.5) is 0 Å². The fourth-order valence-corrected chi connectivity index (χ4v) is 4.03. The van der Waals surface area contributed by atoms with E-state index in [1.54, 1.807) is 11.2 Å². The third kappa shape index (κ3) is 3.84. The molecule has 2 N–H and O–H groups in total. The van der Waals surface area contributed by atoms with Crippen LogP contribution in [-0.2, 0) is 11.2 Å². The van der Waals surface area contributed by atoms with Gasteiger partial charge >= 0.3 is 0 Å². The van der Waals surface area contributed by atoms with E-state index in [2.05, 4.69) is 32.3 Å². The Morgan fingerprint density at radius 1 is 1.15 bits per heavy atom. The van der Waals surface area contributed by atoms with Crippen LogP contribution in [0.5, 0.6) is 0 Å². The van der Waals surface area contributed by atoms with Gasteiger partial charge in [0.2, 0.25) is 5.91 Å². The number of quaternary nitrogens is 2. The summed E-state index contributed by atoms with van der Waals surface area (Å²) in [5, 5.41) is 3.42. The van der Waals surface area contributed by atoms with Crippen molar-refractivity contribution in [3.8, 4) is 0 Å². The molecule has 0 aliphatic carbocycles. The molecule has 0 saturated carbocycles. The zero-order valence-corrected chi connectivity index (χ0v) is 16.3. The van der Waals surface area contributed by atoms with E-state index < -0.39 is 0 Å². The van der Waals surface area contributed by atoms with Gasteiger partial charge in [-0.1, -0.05) is 30.3 Å². The van der Waals surface area contributed by atoms with E-state index in [-0.39, 0.29) is 5.91 Å². The maximum Gasteiger partial charge on any atom is 0.227 e. The molecular formula is C22H29N3O2+2. The number of fused-ring (bicyclic) bond motifs is 3.